The Morgan fingerprint density at radius 2 is 2.00 bits per heavy atom. The number of hydrogen-bond donors (Lipinski definition) is 2. The van der Waals surface area contributed by atoms with Crippen LogP contribution in [0.5, 0.6) is 0 Å². The predicted molar refractivity (Wildman–Crippen MR) is 72.0 cm³/mol. The summed E-state index contributed by atoms with van der Waals surface area (Å²) < 4.78 is 13.2. The highest BCUT2D eigenvalue weighted by atomic mass is 19.1. The Morgan fingerprint density at radius 1 is 1.39 bits per heavy atom. The van der Waals surface area contributed by atoms with Crippen molar-refractivity contribution < 1.29 is 9.18 Å². The molecule has 0 aliphatic rings. The maximum absolute atomic E-state index is 13.2. The van der Waals surface area contributed by atoms with Crippen LogP contribution in [0, 0.1) is 18.2 Å². The number of carbonyl (C=O) groups excluding carboxylic acids is 1. The van der Waals surface area contributed by atoms with E-state index >= 15 is 0 Å². The fraction of sp³-hybridized carbons (Fsp3) is 0.500. The van der Waals surface area contributed by atoms with Crippen molar-refractivity contribution in [2.45, 2.75) is 34.1 Å². The van der Waals surface area contributed by atoms with Crippen LogP contribution >= 0.6 is 0 Å². The predicted octanol–water partition coefficient (Wildman–Crippen LogP) is 2.88. The first-order chi connectivity index (χ1) is 8.20. The largest absolute Gasteiger partial charge is 0.396 e. The minimum atomic E-state index is -0.487. The molecule has 1 aromatic carbocycles. The molecule has 0 fully saturated rings. The van der Waals surface area contributed by atoms with Gasteiger partial charge in [0.1, 0.15) is 5.82 Å². The molecule has 0 radical (unpaired) electrons. The third-order valence-electron chi connectivity index (χ3n) is 2.75. The van der Waals surface area contributed by atoms with E-state index in [9.17, 15) is 9.18 Å². The van der Waals surface area contributed by atoms with Gasteiger partial charge >= 0.3 is 0 Å². The number of benzene rings is 1. The SMILES string of the molecule is Cc1cc(F)c(N)cc1C(=O)NCCC(C)(C)C. The zero-order valence-electron chi connectivity index (χ0n) is 11.4. The van der Waals surface area contributed by atoms with Crippen LogP contribution in [0.25, 0.3) is 0 Å². The summed E-state index contributed by atoms with van der Waals surface area (Å²) in [4.78, 5) is 11.9. The van der Waals surface area contributed by atoms with Gasteiger partial charge in [0.05, 0.1) is 5.69 Å². The van der Waals surface area contributed by atoms with Gasteiger partial charge in [0.15, 0.2) is 0 Å². The van der Waals surface area contributed by atoms with Crippen molar-refractivity contribution >= 4 is 11.6 Å². The number of nitrogens with one attached hydrogen (secondary N) is 1. The van der Waals surface area contributed by atoms with Crippen LogP contribution in [0.15, 0.2) is 12.1 Å². The van der Waals surface area contributed by atoms with Crippen LogP contribution in [-0.2, 0) is 0 Å². The number of aryl methyl sites for hydroxylation is 1. The fourth-order valence-electron chi connectivity index (χ4n) is 1.58. The van der Waals surface area contributed by atoms with Crippen molar-refractivity contribution in [3.63, 3.8) is 0 Å². The molecule has 0 aromatic heterocycles. The topological polar surface area (TPSA) is 55.1 Å². The second-order valence-corrected chi connectivity index (χ2v) is 5.76. The number of nitrogens with two attached hydrogens (primary N) is 1. The van der Waals surface area contributed by atoms with Gasteiger partial charge in [0, 0.05) is 12.1 Å². The Hall–Kier alpha value is -1.58. The number of carbonyl (C=O) groups is 1. The minimum Gasteiger partial charge on any atom is -0.396 e. The Morgan fingerprint density at radius 3 is 2.56 bits per heavy atom. The third kappa shape index (κ3) is 4.02. The molecule has 0 aliphatic heterocycles. The van der Waals surface area contributed by atoms with Gasteiger partial charge in [0.25, 0.3) is 5.91 Å². The minimum absolute atomic E-state index is 0.00145. The van der Waals surface area contributed by atoms with Crippen molar-refractivity contribution in [2.75, 3.05) is 12.3 Å². The van der Waals surface area contributed by atoms with Crippen molar-refractivity contribution in [1.29, 1.82) is 0 Å². The first-order valence-electron chi connectivity index (χ1n) is 6.04. The summed E-state index contributed by atoms with van der Waals surface area (Å²) in [6.45, 7) is 8.63. The number of amides is 1. The molecule has 0 spiro atoms. The molecule has 0 saturated heterocycles. The molecule has 0 saturated carbocycles. The van der Waals surface area contributed by atoms with Crippen LogP contribution in [0.3, 0.4) is 0 Å². The lowest BCUT2D eigenvalue weighted by atomic mass is 9.92. The van der Waals surface area contributed by atoms with Crippen molar-refractivity contribution in [3.8, 4) is 0 Å². The van der Waals surface area contributed by atoms with E-state index in [1.807, 2.05) is 0 Å². The smallest absolute Gasteiger partial charge is 0.251 e. The molecule has 1 rings (SSSR count). The molecule has 3 nitrogen and oxygen atoms in total. The first kappa shape index (κ1) is 14.5. The molecular weight excluding hydrogens is 231 g/mol. The zero-order valence-corrected chi connectivity index (χ0v) is 11.4. The Balaban J connectivity index is 2.70. The number of anilines is 1. The molecule has 100 valence electrons. The summed E-state index contributed by atoms with van der Waals surface area (Å²) in [6.07, 6.45) is 0.883. The molecule has 1 aromatic rings. The van der Waals surface area contributed by atoms with Gasteiger partial charge in [-0.2, -0.15) is 0 Å². The molecule has 18 heavy (non-hydrogen) atoms. The molecule has 0 heterocycles. The van der Waals surface area contributed by atoms with E-state index in [2.05, 4.69) is 26.1 Å². The van der Waals surface area contributed by atoms with E-state index in [1.54, 1.807) is 6.92 Å². The lowest BCUT2D eigenvalue weighted by Gasteiger charge is -2.18. The molecular formula is C14H21FN2O. The highest BCUT2D eigenvalue weighted by molar-refractivity contribution is 5.96. The van der Waals surface area contributed by atoms with Crippen molar-refractivity contribution in [2.24, 2.45) is 5.41 Å². The third-order valence-corrected chi connectivity index (χ3v) is 2.75. The first-order valence-corrected chi connectivity index (χ1v) is 6.04. The second-order valence-electron chi connectivity index (χ2n) is 5.76. The molecule has 4 heteroatoms. The van der Waals surface area contributed by atoms with E-state index in [0.29, 0.717) is 17.7 Å². The van der Waals surface area contributed by atoms with E-state index in [4.69, 9.17) is 5.73 Å². The van der Waals surface area contributed by atoms with E-state index in [0.717, 1.165) is 6.42 Å². The summed E-state index contributed by atoms with van der Waals surface area (Å²) in [5.74, 6) is -0.692. The number of halogens is 1. The maximum Gasteiger partial charge on any atom is 0.251 e. The van der Waals surface area contributed by atoms with Gasteiger partial charge in [-0.15, -0.1) is 0 Å². The molecule has 3 N–H and O–H groups in total. The average Bonchev–Trinajstić information content (AvgIpc) is 2.21. The summed E-state index contributed by atoms with van der Waals surface area (Å²) in [5.41, 5.74) is 6.67. The summed E-state index contributed by atoms with van der Waals surface area (Å²) in [6, 6.07) is 2.67. The molecule has 0 bridgehead atoms. The molecule has 0 unspecified atom stereocenters. The summed E-state index contributed by atoms with van der Waals surface area (Å²) in [5, 5.41) is 2.83. The van der Waals surface area contributed by atoms with Gasteiger partial charge in [-0.3, -0.25) is 4.79 Å². The number of hydrogen-bond acceptors (Lipinski definition) is 2. The van der Waals surface area contributed by atoms with Crippen LogP contribution in [0.2, 0.25) is 0 Å². The molecule has 1 amide bonds. The molecule has 0 aliphatic carbocycles. The highest BCUT2D eigenvalue weighted by Gasteiger charge is 2.14. The Labute approximate surface area is 108 Å². The van der Waals surface area contributed by atoms with E-state index < -0.39 is 5.82 Å². The monoisotopic (exact) mass is 252 g/mol. The van der Waals surface area contributed by atoms with Gasteiger partial charge < -0.3 is 11.1 Å². The average molecular weight is 252 g/mol. The van der Waals surface area contributed by atoms with Crippen molar-refractivity contribution in [3.05, 3.63) is 29.1 Å². The number of nitrogen functional groups attached to an aromatic ring is 1. The summed E-state index contributed by atoms with van der Waals surface area (Å²) in [7, 11) is 0. The van der Waals surface area contributed by atoms with E-state index in [-0.39, 0.29) is 17.0 Å². The maximum atomic E-state index is 13.2. The second kappa shape index (κ2) is 5.38. The lowest BCUT2D eigenvalue weighted by molar-refractivity contribution is 0.0949. The van der Waals surface area contributed by atoms with Crippen LogP contribution in [0.1, 0.15) is 43.1 Å². The summed E-state index contributed by atoms with van der Waals surface area (Å²) >= 11 is 0. The zero-order chi connectivity index (χ0) is 13.9. The van der Waals surface area contributed by atoms with Gasteiger partial charge in [0.2, 0.25) is 0 Å². The van der Waals surface area contributed by atoms with Crippen LogP contribution < -0.4 is 11.1 Å². The Kier molecular flexibility index (Phi) is 4.33. The van der Waals surface area contributed by atoms with Gasteiger partial charge in [-0.25, -0.2) is 4.39 Å². The normalized spacial score (nSPS) is 11.4. The van der Waals surface area contributed by atoms with Crippen LogP contribution in [-0.4, -0.2) is 12.5 Å². The number of rotatable bonds is 3. The lowest BCUT2D eigenvalue weighted by Crippen LogP contribution is -2.28. The quantitative estimate of drug-likeness (QED) is 0.813. The van der Waals surface area contributed by atoms with Crippen LogP contribution in [0.4, 0.5) is 10.1 Å². The molecule has 0 atom stereocenters. The van der Waals surface area contributed by atoms with Crippen molar-refractivity contribution in [1.82, 2.24) is 5.32 Å². The fourth-order valence-corrected chi connectivity index (χ4v) is 1.58. The Bertz CT molecular complexity index is 450. The van der Waals surface area contributed by atoms with Gasteiger partial charge in [-0.05, 0) is 36.5 Å². The van der Waals surface area contributed by atoms with Gasteiger partial charge in [-0.1, -0.05) is 20.8 Å². The highest BCUT2D eigenvalue weighted by Crippen LogP contribution is 2.19. The van der Waals surface area contributed by atoms with E-state index in [1.165, 1.54) is 12.1 Å². The standard InChI is InChI=1S/C14H21FN2O/c1-9-7-11(15)12(16)8-10(9)13(18)17-6-5-14(2,3)4/h7-8H,5-6,16H2,1-4H3,(H,17,18).